The highest BCUT2D eigenvalue weighted by atomic mass is 32.2. The van der Waals surface area contributed by atoms with Gasteiger partial charge in [-0.05, 0) is 24.1 Å². The molecule has 0 spiro atoms. The summed E-state index contributed by atoms with van der Waals surface area (Å²) in [6, 6.07) is 12.9. The Kier molecular flexibility index (Phi) is 7.18. The number of ether oxygens (including phenoxy) is 1. The molecule has 204 valence electrons. The Labute approximate surface area is 222 Å². The van der Waals surface area contributed by atoms with Crippen molar-refractivity contribution in [2.24, 2.45) is 0 Å². The van der Waals surface area contributed by atoms with Crippen LogP contribution in [-0.2, 0) is 30.3 Å². The molecule has 0 saturated carbocycles. The van der Waals surface area contributed by atoms with Gasteiger partial charge in [-0.1, -0.05) is 36.4 Å². The van der Waals surface area contributed by atoms with Crippen LogP contribution in [0.5, 0.6) is 5.75 Å². The third-order valence-electron chi connectivity index (χ3n) is 6.24. The van der Waals surface area contributed by atoms with Gasteiger partial charge in [0.1, 0.15) is 23.0 Å². The number of fused-ring (bicyclic) bond motifs is 1. The third-order valence-corrected chi connectivity index (χ3v) is 7.67. The zero-order valence-corrected chi connectivity index (χ0v) is 21.5. The molecule has 1 aliphatic rings. The van der Waals surface area contributed by atoms with E-state index in [1.54, 1.807) is 19.1 Å². The van der Waals surface area contributed by atoms with Crippen molar-refractivity contribution in [2.45, 2.75) is 43.1 Å². The van der Waals surface area contributed by atoms with Gasteiger partial charge in [-0.3, -0.25) is 28.6 Å². The predicted molar refractivity (Wildman–Crippen MR) is 137 cm³/mol. The number of nitrogens with one attached hydrogen (secondary N) is 2. The number of hydrogen-bond donors (Lipinski definition) is 4. The molecule has 1 fully saturated rings. The van der Waals surface area contributed by atoms with Gasteiger partial charge in [-0.15, -0.1) is 0 Å². The lowest BCUT2D eigenvalue weighted by molar-refractivity contribution is -0.115. The first kappa shape index (κ1) is 26.5. The number of carbonyl (C=O) groups excluding carboxylic acids is 1. The molecule has 39 heavy (non-hydrogen) atoms. The summed E-state index contributed by atoms with van der Waals surface area (Å²) in [5.74, 6) is -0.700. The Morgan fingerprint density at radius 2 is 2.03 bits per heavy atom. The molecule has 0 unspecified atom stereocenters. The number of imidazole rings is 1. The van der Waals surface area contributed by atoms with Crippen molar-refractivity contribution in [2.75, 3.05) is 11.9 Å². The lowest BCUT2D eigenvalue weighted by Crippen LogP contribution is -2.28. The molecule has 3 atom stereocenters. The fraction of sp³-hybridized carbons (Fsp3) is 0.280. The highest BCUT2D eigenvalue weighted by molar-refractivity contribution is 7.86. The lowest BCUT2D eigenvalue weighted by atomic mass is 10.1. The van der Waals surface area contributed by atoms with Gasteiger partial charge in [-0.2, -0.15) is 13.4 Å². The number of amides is 1. The molecule has 2 aromatic carbocycles. The van der Waals surface area contributed by atoms with Crippen LogP contribution >= 0.6 is 0 Å². The number of nitrogens with zero attached hydrogens (tertiary/aromatic N) is 3. The van der Waals surface area contributed by atoms with Crippen molar-refractivity contribution in [1.82, 2.24) is 19.5 Å². The van der Waals surface area contributed by atoms with Crippen LogP contribution in [0.25, 0.3) is 11.2 Å². The summed E-state index contributed by atoms with van der Waals surface area (Å²) in [7, 11) is -4.24. The zero-order valence-electron chi connectivity index (χ0n) is 20.6. The number of aromatic nitrogens is 4. The van der Waals surface area contributed by atoms with Crippen molar-refractivity contribution in [3.63, 3.8) is 0 Å². The average molecular weight is 556 g/mol. The highest BCUT2D eigenvalue weighted by Gasteiger charge is 2.37. The van der Waals surface area contributed by atoms with Gasteiger partial charge in [0, 0.05) is 12.5 Å². The molecule has 14 heteroatoms. The molecule has 0 aliphatic carbocycles. The Hall–Kier alpha value is -4.11. The van der Waals surface area contributed by atoms with Gasteiger partial charge < -0.3 is 14.9 Å². The van der Waals surface area contributed by atoms with Crippen LogP contribution in [-0.4, -0.2) is 62.9 Å². The van der Waals surface area contributed by atoms with Crippen LogP contribution in [0.2, 0.25) is 0 Å². The van der Waals surface area contributed by atoms with E-state index in [9.17, 15) is 28.2 Å². The minimum atomic E-state index is -4.24. The van der Waals surface area contributed by atoms with Gasteiger partial charge in [0.05, 0.1) is 25.5 Å². The minimum Gasteiger partial charge on any atom is -0.508 e. The second kappa shape index (κ2) is 10.6. The topological polar surface area (TPSA) is 186 Å². The number of anilines is 1. The molecule has 4 aromatic rings. The number of phenolic OH excluding ortho intramolecular Hbond substituents is 1. The van der Waals surface area contributed by atoms with E-state index in [4.69, 9.17) is 8.92 Å². The number of aliphatic hydroxyl groups excluding tert-OH is 1. The van der Waals surface area contributed by atoms with Crippen molar-refractivity contribution < 1.29 is 32.3 Å². The van der Waals surface area contributed by atoms with Crippen LogP contribution in [0.4, 0.5) is 5.95 Å². The minimum absolute atomic E-state index is 0.00390. The molecule has 3 heterocycles. The number of hydrogen-bond acceptors (Lipinski definition) is 10. The summed E-state index contributed by atoms with van der Waals surface area (Å²) in [5.41, 5.74) is 0.684. The summed E-state index contributed by atoms with van der Waals surface area (Å²) in [6.07, 6.45) is -1.53. The van der Waals surface area contributed by atoms with Crippen molar-refractivity contribution in [3.05, 3.63) is 76.3 Å². The maximum Gasteiger partial charge on any atom is 0.297 e. The smallest absolute Gasteiger partial charge is 0.297 e. The number of rotatable bonds is 8. The monoisotopic (exact) mass is 555 g/mol. The normalized spacial score (nSPS) is 19.4. The molecule has 13 nitrogen and oxygen atoms in total. The molecule has 0 bridgehead atoms. The Morgan fingerprint density at radius 3 is 2.79 bits per heavy atom. The van der Waals surface area contributed by atoms with Crippen LogP contribution in [0.1, 0.15) is 23.8 Å². The number of aryl methyl sites for hydroxylation is 1. The summed E-state index contributed by atoms with van der Waals surface area (Å²) >= 11 is 0. The first-order chi connectivity index (χ1) is 18.6. The number of aromatic hydroxyl groups is 1. The number of benzene rings is 2. The van der Waals surface area contributed by atoms with Gasteiger partial charge in [0.25, 0.3) is 15.7 Å². The van der Waals surface area contributed by atoms with E-state index in [1.807, 2.05) is 18.2 Å². The van der Waals surface area contributed by atoms with Crippen LogP contribution in [0, 0.1) is 6.92 Å². The van der Waals surface area contributed by atoms with E-state index in [2.05, 4.69) is 20.3 Å². The fourth-order valence-corrected chi connectivity index (χ4v) is 5.44. The first-order valence-electron chi connectivity index (χ1n) is 11.9. The SMILES string of the molecule is Cc1ccc(O)cc1S(=O)(=O)OC[C@H]1O[C@@H](n2cnc3c(=O)[nH]c(NC(=O)Cc4ccccc4)nc32)C[C@@H]1O. The number of aromatic amines is 1. The van der Waals surface area contributed by atoms with E-state index in [-0.39, 0.29) is 46.5 Å². The molecule has 1 saturated heterocycles. The van der Waals surface area contributed by atoms with Crippen molar-refractivity contribution in [1.29, 1.82) is 0 Å². The van der Waals surface area contributed by atoms with Gasteiger partial charge >= 0.3 is 0 Å². The maximum absolute atomic E-state index is 12.7. The van der Waals surface area contributed by atoms with E-state index in [0.29, 0.717) is 5.56 Å². The molecule has 2 aromatic heterocycles. The molecule has 5 rings (SSSR count). The van der Waals surface area contributed by atoms with Crippen molar-refractivity contribution in [3.8, 4) is 5.75 Å². The molecular weight excluding hydrogens is 530 g/mol. The number of H-pyrrole nitrogens is 1. The molecule has 1 amide bonds. The molecule has 1 aliphatic heterocycles. The highest BCUT2D eigenvalue weighted by Crippen LogP contribution is 2.32. The zero-order chi connectivity index (χ0) is 27.7. The number of phenols is 1. The predicted octanol–water partition coefficient (Wildman–Crippen LogP) is 1.37. The van der Waals surface area contributed by atoms with Gasteiger partial charge in [0.2, 0.25) is 11.9 Å². The summed E-state index contributed by atoms with van der Waals surface area (Å²) in [4.78, 5) is 35.7. The van der Waals surface area contributed by atoms with Crippen LogP contribution in [0.15, 0.2) is 64.5 Å². The van der Waals surface area contributed by atoms with Gasteiger partial charge in [-0.25, -0.2) is 4.98 Å². The number of aliphatic hydroxyl groups is 1. The maximum atomic E-state index is 12.7. The Balaban J connectivity index is 1.30. The largest absolute Gasteiger partial charge is 0.508 e. The van der Waals surface area contributed by atoms with E-state index in [1.165, 1.54) is 23.0 Å². The van der Waals surface area contributed by atoms with E-state index in [0.717, 1.165) is 11.6 Å². The van der Waals surface area contributed by atoms with E-state index >= 15 is 0 Å². The summed E-state index contributed by atoms with van der Waals surface area (Å²) < 4.78 is 37.7. The molecular formula is C25H25N5O8S. The molecule has 0 radical (unpaired) electrons. The average Bonchev–Trinajstić information content (AvgIpc) is 3.48. The molecule has 4 N–H and O–H groups in total. The van der Waals surface area contributed by atoms with Crippen LogP contribution in [0.3, 0.4) is 0 Å². The van der Waals surface area contributed by atoms with Gasteiger partial charge in [0.15, 0.2) is 11.2 Å². The Bertz CT molecular complexity index is 1690. The third kappa shape index (κ3) is 5.68. The van der Waals surface area contributed by atoms with Crippen molar-refractivity contribution >= 4 is 33.1 Å². The fourth-order valence-electron chi connectivity index (χ4n) is 4.27. The van der Waals surface area contributed by atoms with E-state index < -0.39 is 40.7 Å². The first-order valence-corrected chi connectivity index (χ1v) is 13.3. The standard InChI is InChI=1S/C25H25N5O8S/c1-14-7-8-16(31)10-19(14)39(35,36)37-12-18-17(32)11-21(38-18)30-13-26-22-23(30)28-25(29-24(22)34)27-20(33)9-15-5-3-2-4-6-15/h2-8,10,13,17-18,21,31-32H,9,11-12H2,1H3,(H2,27,28,29,33,34)/t17-,18+,21+/m0/s1. The second-order valence-electron chi connectivity index (χ2n) is 9.07. The Morgan fingerprint density at radius 1 is 1.26 bits per heavy atom. The van der Waals surface area contributed by atoms with Crippen LogP contribution < -0.4 is 10.9 Å². The lowest BCUT2D eigenvalue weighted by Gasteiger charge is -2.16. The summed E-state index contributed by atoms with van der Waals surface area (Å²) in [5, 5.41) is 22.8. The second-order valence-corrected chi connectivity index (χ2v) is 10.7. The quantitative estimate of drug-likeness (QED) is 0.231. The summed E-state index contributed by atoms with van der Waals surface area (Å²) in [6.45, 7) is 1.07. The number of carbonyl (C=O) groups is 1.